The number of nitrogens with zero attached hydrogens (tertiary/aromatic N) is 1. The van der Waals surface area contributed by atoms with Crippen molar-refractivity contribution in [1.82, 2.24) is 0 Å². The maximum Gasteiger partial charge on any atom is 0.101 e. The Hall–Kier alpha value is -1.73. The van der Waals surface area contributed by atoms with Crippen molar-refractivity contribution < 1.29 is 5.11 Å². The molecule has 0 saturated heterocycles. The van der Waals surface area contributed by atoms with Crippen LogP contribution in [-0.2, 0) is 0 Å². The summed E-state index contributed by atoms with van der Waals surface area (Å²) in [5.41, 5.74) is 6.86. The van der Waals surface area contributed by atoms with Gasteiger partial charge >= 0.3 is 0 Å². The van der Waals surface area contributed by atoms with Crippen molar-refractivity contribution in [3.8, 4) is 6.07 Å². The van der Waals surface area contributed by atoms with E-state index in [0.717, 1.165) is 31.4 Å². The molecule has 0 aromatic heterocycles. The summed E-state index contributed by atoms with van der Waals surface area (Å²) in [6, 6.07) is 7.34. The predicted octanol–water partition coefficient (Wildman–Crippen LogP) is 2.64. The number of aliphatic hydroxyl groups is 1. The van der Waals surface area contributed by atoms with E-state index >= 15 is 0 Å². The van der Waals surface area contributed by atoms with Gasteiger partial charge in [0.05, 0.1) is 16.9 Å². The third-order valence-electron chi connectivity index (χ3n) is 3.81. The second kappa shape index (κ2) is 5.94. The van der Waals surface area contributed by atoms with Crippen LogP contribution in [0.15, 0.2) is 18.2 Å². The fourth-order valence-electron chi connectivity index (χ4n) is 2.63. The van der Waals surface area contributed by atoms with Gasteiger partial charge in [0.15, 0.2) is 0 Å². The van der Waals surface area contributed by atoms with E-state index in [0.29, 0.717) is 17.8 Å². The first kappa shape index (κ1) is 13.7. The van der Waals surface area contributed by atoms with E-state index in [1.54, 1.807) is 18.2 Å². The van der Waals surface area contributed by atoms with Gasteiger partial charge in [-0.3, -0.25) is 0 Å². The van der Waals surface area contributed by atoms with Crippen molar-refractivity contribution >= 4 is 11.4 Å². The normalized spacial score (nSPS) is 18.3. The zero-order chi connectivity index (χ0) is 13.7. The monoisotopic (exact) mass is 259 g/mol. The number of rotatable bonds is 3. The van der Waals surface area contributed by atoms with Crippen LogP contribution in [-0.4, -0.2) is 17.3 Å². The third-order valence-corrected chi connectivity index (χ3v) is 3.81. The first-order chi connectivity index (χ1) is 9.13. The van der Waals surface area contributed by atoms with Crippen molar-refractivity contribution in [2.24, 2.45) is 0 Å². The molecule has 1 saturated carbocycles. The molecule has 2 rings (SSSR count). The lowest BCUT2D eigenvalue weighted by molar-refractivity contribution is 0.0381. The number of anilines is 2. The molecule has 1 fully saturated rings. The summed E-state index contributed by atoms with van der Waals surface area (Å²) in [4.78, 5) is 0. The predicted molar refractivity (Wildman–Crippen MR) is 76.7 cm³/mol. The van der Waals surface area contributed by atoms with Gasteiger partial charge < -0.3 is 16.2 Å². The summed E-state index contributed by atoms with van der Waals surface area (Å²) in [6.45, 7) is 0.492. The van der Waals surface area contributed by atoms with E-state index < -0.39 is 5.60 Å². The van der Waals surface area contributed by atoms with Crippen LogP contribution < -0.4 is 11.1 Å². The minimum atomic E-state index is -0.648. The Morgan fingerprint density at radius 3 is 2.58 bits per heavy atom. The first-order valence-electron chi connectivity index (χ1n) is 6.89. The molecule has 4 nitrogen and oxygen atoms in total. The molecule has 19 heavy (non-hydrogen) atoms. The van der Waals surface area contributed by atoms with E-state index in [-0.39, 0.29) is 0 Å². The lowest BCUT2D eigenvalue weighted by Gasteiger charge is -2.27. The Morgan fingerprint density at radius 2 is 1.95 bits per heavy atom. The lowest BCUT2D eigenvalue weighted by atomic mass is 9.94. The molecule has 0 unspecified atom stereocenters. The van der Waals surface area contributed by atoms with Crippen molar-refractivity contribution in [3.63, 3.8) is 0 Å². The Balaban J connectivity index is 2.03. The van der Waals surface area contributed by atoms with Gasteiger partial charge in [-0.05, 0) is 31.0 Å². The Labute approximate surface area is 114 Å². The number of hydrogen-bond acceptors (Lipinski definition) is 4. The van der Waals surface area contributed by atoms with Crippen LogP contribution in [0, 0.1) is 11.3 Å². The van der Waals surface area contributed by atoms with Crippen molar-refractivity contribution in [2.75, 3.05) is 17.6 Å². The molecule has 0 bridgehead atoms. The summed E-state index contributed by atoms with van der Waals surface area (Å²) in [7, 11) is 0. The third kappa shape index (κ3) is 3.62. The molecule has 0 radical (unpaired) electrons. The molecule has 1 aliphatic rings. The highest BCUT2D eigenvalue weighted by molar-refractivity contribution is 5.63. The Morgan fingerprint density at radius 1 is 1.26 bits per heavy atom. The molecule has 0 spiro atoms. The first-order valence-corrected chi connectivity index (χ1v) is 6.89. The van der Waals surface area contributed by atoms with Crippen LogP contribution in [0.5, 0.6) is 0 Å². The van der Waals surface area contributed by atoms with Crippen LogP contribution >= 0.6 is 0 Å². The molecule has 1 aromatic rings. The van der Waals surface area contributed by atoms with E-state index in [2.05, 4.69) is 11.4 Å². The van der Waals surface area contributed by atoms with Crippen LogP contribution in [0.2, 0.25) is 0 Å². The Bertz CT molecular complexity index is 471. The fraction of sp³-hybridized carbons (Fsp3) is 0.533. The van der Waals surface area contributed by atoms with Crippen molar-refractivity contribution in [2.45, 2.75) is 44.1 Å². The number of benzene rings is 1. The SMILES string of the molecule is N#Cc1cc(N)ccc1NCC1(O)CCCCCC1. The van der Waals surface area contributed by atoms with Crippen LogP contribution in [0.25, 0.3) is 0 Å². The number of nitriles is 1. The molecule has 0 amide bonds. The summed E-state index contributed by atoms with van der Waals surface area (Å²) in [5.74, 6) is 0. The molecule has 102 valence electrons. The minimum absolute atomic E-state index is 0.492. The quantitative estimate of drug-likeness (QED) is 0.575. The van der Waals surface area contributed by atoms with Gasteiger partial charge in [0.1, 0.15) is 6.07 Å². The molecule has 0 heterocycles. The van der Waals surface area contributed by atoms with Gasteiger partial charge in [-0.1, -0.05) is 25.7 Å². The van der Waals surface area contributed by atoms with E-state index in [1.165, 1.54) is 12.8 Å². The van der Waals surface area contributed by atoms with Gasteiger partial charge in [-0.25, -0.2) is 0 Å². The fourth-order valence-corrected chi connectivity index (χ4v) is 2.63. The second-order valence-electron chi connectivity index (χ2n) is 5.41. The minimum Gasteiger partial charge on any atom is -0.399 e. The largest absolute Gasteiger partial charge is 0.399 e. The smallest absolute Gasteiger partial charge is 0.101 e. The summed E-state index contributed by atoms with van der Waals surface area (Å²) in [5, 5.41) is 22.8. The van der Waals surface area contributed by atoms with Gasteiger partial charge in [-0.15, -0.1) is 0 Å². The molecule has 1 aromatic carbocycles. The zero-order valence-corrected chi connectivity index (χ0v) is 11.2. The summed E-state index contributed by atoms with van der Waals surface area (Å²) < 4.78 is 0. The van der Waals surface area contributed by atoms with Gasteiger partial charge in [-0.2, -0.15) is 5.26 Å². The Kier molecular flexibility index (Phi) is 4.28. The molecular weight excluding hydrogens is 238 g/mol. The molecule has 4 heteroatoms. The molecule has 0 atom stereocenters. The van der Waals surface area contributed by atoms with Crippen molar-refractivity contribution in [1.29, 1.82) is 5.26 Å². The highest BCUT2D eigenvalue weighted by Crippen LogP contribution is 2.28. The number of nitrogens with two attached hydrogens (primary N) is 1. The molecular formula is C15H21N3O. The average molecular weight is 259 g/mol. The summed E-state index contributed by atoms with van der Waals surface area (Å²) in [6.07, 6.45) is 6.21. The lowest BCUT2D eigenvalue weighted by Crippen LogP contribution is -2.36. The average Bonchev–Trinajstić information content (AvgIpc) is 2.62. The highest BCUT2D eigenvalue weighted by Gasteiger charge is 2.27. The molecule has 1 aliphatic carbocycles. The van der Waals surface area contributed by atoms with Gasteiger partial charge in [0, 0.05) is 12.2 Å². The summed E-state index contributed by atoms with van der Waals surface area (Å²) >= 11 is 0. The standard InChI is InChI=1S/C15H21N3O/c16-10-12-9-13(17)5-6-14(12)18-11-15(19)7-3-1-2-4-8-15/h5-6,9,18-19H,1-4,7-8,11,17H2. The number of nitrogens with one attached hydrogen (secondary N) is 1. The maximum absolute atomic E-state index is 10.6. The second-order valence-corrected chi connectivity index (χ2v) is 5.41. The van der Waals surface area contributed by atoms with Crippen molar-refractivity contribution in [3.05, 3.63) is 23.8 Å². The van der Waals surface area contributed by atoms with Crippen LogP contribution in [0.3, 0.4) is 0 Å². The highest BCUT2D eigenvalue weighted by atomic mass is 16.3. The zero-order valence-electron chi connectivity index (χ0n) is 11.2. The maximum atomic E-state index is 10.6. The van der Waals surface area contributed by atoms with E-state index in [1.807, 2.05) is 0 Å². The van der Waals surface area contributed by atoms with Crippen LogP contribution in [0.1, 0.15) is 44.1 Å². The van der Waals surface area contributed by atoms with Crippen LogP contribution in [0.4, 0.5) is 11.4 Å². The topological polar surface area (TPSA) is 82.1 Å². The van der Waals surface area contributed by atoms with E-state index in [4.69, 9.17) is 11.0 Å². The molecule has 0 aliphatic heterocycles. The number of hydrogen-bond donors (Lipinski definition) is 3. The van der Waals surface area contributed by atoms with E-state index in [9.17, 15) is 5.11 Å². The van der Waals surface area contributed by atoms with Gasteiger partial charge in [0.2, 0.25) is 0 Å². The number of nitrogen functional groups attached to an aromatic ring is 1. The van der Waals surface area contributed by atoms with Gasteiger partial charge in [0.25, 0.3) is 0 Å². The molecule has 4 N–H and O–H groups in total.